The number of aromatic amines is 1. The van der Waals surface area contributed by atoms with Crippen LogP contribution in [0.1, 0.15) is 28.8 Å². The molecular weight excluding hydrogens is 416 g/mol. The van der Waals surface area contributed by atoms with Gasteiger partial charge in [-0.3, -0.25) is 9.36 Å². The topological polar surface area (TPSA) is 118 Å². The lowest BCUT2D eigenvalue weighted by Crippen LogP contribution is -2.42. The third kappa shape index (κ3) is 4.44. The van der Waals surface area contributed by atoms with Crippen molar-refractivity contribution in [2.45, 2.75) is 25.4 Å². The highest BCUT2D eigenvalue weighted by molar-refractivity contribution is 5.95. The number of hydrogen-bond acceptors (Lipinski definition) is 5. The first kappa shape index (κ1) is 21.1. The van der Waals surface area contributed by atoms with Crippen molar-refractivity contribution in [1.29, 1.82) is 0 Å². The van der Waals surface area contributed by atoms with Crippen molar-refractivity contribution in [3.8, 4) is 16.9 Å². The Balaban J connectivity index is 1.38. The third-order valence-corrected chi connectivity index (χ3v) is 6.09. The molecule has 168 valence electrons. The Morgan fingerprint density at radius 3 is 2.52 bits per heavy atom. The molecule has 0 aliphatic carbocycles. The van der Waals surface area contributed by atoms with Gasteiger partial charge in [-0.05, 0) is 67.4 Å². The average molecular weight is 443 g/mol. The van der Waals surface area contributed by atoms with Gasteiger partial charge in [0.05, 0.1) is 5.69 Å². The minimum absolute atomic E-state index is 0.0514. The fourth-order valence-electron chi connectivity index (χ4n) is 4.16. The van der Waals surface area contributed by atoms with Crippen LogP contribution in [0.5, 0.6) is 0 Å². The van der Waals surface area contributed by atoms with Crippen LogP contribution in [0, 0.1) is 0 Å². The summed E-state index contributed by atoms with van der Waals surface area (Å²) in [5, 5.41) is 7.23. The number of benzene rings is 2. The van der Waals surface area contributed by atoms with Gasteiger partial charge in [-0.25, -0.2) is 4.79 Å². The van der Waals surface area contributed by atoms with Crippen LogP contribution in [-0.2, 0) is 6.54 Å². The maximum absolute atomic E-state index is 12.6. The number of nitrogens with one attached hydrogen (secondary N) is 3. The van der Waals surface area contributed by atoms with Crippen LogP contribution in [-0.4, -0.2) is 39.6 Å². The summed E-state index contributed by atoms with van der Waals surface area (Å²) in [7, 11) is 0. The minimum atomic E-state index is -0.360. The van der Waals surface area contributed by atoms with E-state index in [1.54, 1.807) is 6.20 Å². The first-order valence-electron chi connectivity index (χ1n) is 11.1. The lowest BCUT2D eigenvalue weighted by atomic mass is 10.0. The lowest BCUT2D eigenvalue weighted by molar-refractivity contribution is 0.0929. The molecule has 5 rings (SSSR count). The number of hydrogen-bond donors (Lipinski definition) is 4. The number of amides is 1. The summed E-state index contributed by atoms with van der Waals surface area (Å²) in [6.45, 7) is 2.32. The molecule has 8 nitrogen and oxygen atoms in total. The van der Waals surface area contributed by atoms with E-state index < -0.39 is 0 Å². The number of fused-ring (bicyclic) bond motifs is 1. The van der Waals surface area contributed by atoms with Crippen molar-refractivity contribution >= 4 is 16.9 Å². The van der Waals surface area contributed by atoms with Crippen LogP contribution in [0.3, 0.4) is 0 Å². The molecule has 8 heteroatoms. The van der Waals surface area contributed by atoms with Gasteiger partial charge in [0, 0.05) is 35.4 Å². The fraction of sp³-hybridized carbons (Fsp3) is 0.240. The first-order valence-corrected chi connectivity index (χ1v) is 11.1. The Labute approximate surface area is 190 Å². The monoisotopic (exact) mass is 442 g/mol. The summed E-state index contributed by atoms with van der Waals surface area (Å²) >= 11 is 0. The average Bonchev–Trinajstić information content (AvgIpc) is 3.27. The largest absolute Gasteiger partial charge is 0.354 e. The Morgan fingerprint density at radius 2 is 1.82 bits per heavy atom. The molecule has 4 aromatic rings. The molecule has 0 radical (unpaired) electrons. The van der Waals surface area contributed by atoms with E-state index in [0.29, 0.717) is 17.8 Å². The van der Waals surface area contributed by atoms with Crippen molar-refractivity contribution < 1.29 is 4.79 Å². The zero-order chi connectivity index (χ0) is 22.8. The van der Waals surface area contributed by atoms with Crippen LogP contribution in [0.4, 0.5) is 0 Å². The zero-order valence-electron chi connectivity index (χ0n) is 18.2. The molecule has 5 N–H and O–H groups in total. The van der Waals surface area contributed by atoms with E-state index in [1.165, 1.54) is 4.57 Å². The second kappa shape index (κ2) is 9.01. The van der Waals surface area contributed by atoms with Crippen LogP contribution < -0.4 is 22.1 Å². The summed E-state index contributed by atoms with van der Waals surface area (Å²) in [4.78, 5) is 32.6. The predicted octanol–water partition coefficient (Wildman–Crippen LogP) is 2.32. The summed E-state index contributed by atoms with van der Waals surface area (Å²) in [5.74, 6) is -0.0514. The molecule has 0 atom stereocenters. The van der Waals surface area contributed by atoms with E-state index in [1.807, 2.05) is 54.6 Å². The molecule has 1 aliphatic rings. The van der Waals surface area contributed by atoms with Gasteiger partial charge in [0.1, 0.15) is 5.65 Å². The van der Waals surface area contributed by atoms with Crippen LogP contribution in [0.15, 0.2) is 65.6 Å². The number of carbonyl (C=O) groups excluding carboxylic acids is 1. The molecule has 0 bridgehead atoms. The van der Waals surface area contributed by atoms with Crippen molar-refractivity contribution in [3.63, 3.8) is 0 Å². The molecule has 1 saturated heterocycles. The summed E-state index contributed by atoms with van der Waals surface area (Å²) in [5.41, 5.74) is 9.94. The van der Waals surface area contributed by atoms with Gasteiger partial charge in [-0.2, -0.15) is 4.98 Å². The van der Waals surface area contributed by atoms with Crippen LogP contribution in [0.25, 0.3) is 28.0 Å². The van der Waals surface area contributed by atoms with Crippen LogP contribution >= 0.6 is 0 Å². The maximum Gasteiger partial charge on any atom is 0.354 e. The van der Waals surface area contributed by atoms with E-state index >= 15 is 0 Å². The number of aromatic nitrogens is 3. The van der Waals surface area contributed by atoms with Gasteiger partial charge in [0.25, 0.3) is 5.91 Å². The van der Waals surface area contributed by atoms with Gasteiger partial charge < -0.3 is 21.4 Å². The van der Waals surface area contributed by atoms with Gasteiger partial charge >= 0.3 is 5.69 Å². The van der Waals surface area contributed by atoms with E-state index in [9.17, 15) is 9.59 Å². The number of rotatable bonds is 5. The molecule has 0 unspecified atom stereocenters. The van der Waals surface area contributed by atoms with Crippen molar-refractivity contribution in [3.05, 3.63) is 82.4 Å². The van der Waals surface area contributed by atoms with Gasteiger partial charge in [0.2, 0.25) is 0 Å². The van der Waals surface area contributed by atoms with Crippen LogP contribution in [0.2, 0.25) is 0 Å². The summed E-state index contributed by atoms with van der Waals surface area (Å²) < 4.78 is 1.52. The molecule has 3 heterocycles. The van der Waals surface area contributed by atoms with E-state index in [0.717, 1.165) is 53.8 Å². The Kier molecular flexibility index (Phi) is 5.77. The molecule has 33 heavy (non-hydrogen) atoms. The Morgan fingerprint density at radius 1 is 1.09 bits per heavy atom. The predicted molar refractivity (Wildman–Crippen MR) is 128 cm³/mol. The first-order chi connectivity index (χ1) is 16.1. The lowest BCUT2D eigenvalue weighted by Gasteiger charge is -2.23. The molecule has 1 fully saturated rings. The number of carbonyl (C=O) groups is 1. The second-order valence-corrected chi connectivity index (χ2v) is 8.33. The summed E-state index contributed by atoms with van der Waals surface area (Å²) in [6.07, 6.45) is 3.68. The molecule has 0 spiro atoms. The van der Waals surface area contributed by atoms with E-state index in [2.05, 4.69) is 20.6 Å². The standard InChI is InChI=1S/C25H26N6O2/c26-14-16-1-7-21(8-2-16)31-15-19-13-22(29-23(19)30-25(31)33)17-3-5-18(6-4-17)24(32)28-20-9-11-27-12-10-20/h1-8,13,15,20,27H,9-12,14,26H2,(H,28,32)(H,29,30,33). The quantitative estimate of drug-likeness (QED) is 0.378. The molecule has 0 saturated carbocycles. The molecule has 2 aromatic heterocycles. The van der Waals surface area contributed by atoms with Crippen molar-refractivity contribution in [1.82, 2.24) is 25.2 Å². The van der Waals surface area contributed by atoms with Gasteiger partial charge in [0.15, 0.2) is 0 Å². The maximum atomic E-state index is 12.6. The highest BCUT2D eigenvalue weighted by Crippen LogP contribution is 2.23. The number of H-pyrrole nitrogens is 1. The Bertz CT molecular complexity index is 1330. The highest BCUT2D eigenvalue weighted by Gasteiger charge is 2.16. The smallest absolute Gasteiger partial charge is 0.349 e. The molecule has 1 aliphatic heterocycles. The number of nitrogens with two attached hydrogens (primary N) is 1. The molecule has 2 aromatic carbocycles. The highest BCUT2D eigenvalue weighted by atomic mass is 16.2. The Hall–Kier alpha value is -3.75. The number of piperidine rings is 1. The van der Waals surface area contributed by atoms with Crippen molar-refractivity contribution in [2.75, 3.05) is 13.1 Å². The van der Waals surface area contributed by atoms with E-state index in [4.69, 9.17) is 5.73 Å². The van der Waals surface area contributed by atoms with Gasteiger partial charge in [-0.15, -0.1) is 0 Å². The van der Waals surface area contributed by atoms with Gasteiger partial charge in [-0.1, -0.05) is 24.3 Å². The normalized spacial score (nSPS) is 14.5. The summed E-state index contributed by atoms with van der Waals surface area (Å²) in [6, 6.07) is 17.1. The zero-order valence-corrected chi connectivity index (χ0v) is 18.2. The second-order valence-electron chi connectivity index (χ2n) is 8.33. The third-order valence-electron chi connectivity index (χ3n) is 6.09. The fourth-order valence-corrected chi connectivity index (χ4v) is 4.16. The molecule has 1 amide bonds. The van der Waals surface area contributed by atoms with E-state index in [-0.39, 0.29) is 17.6 Å². The minimum Gasteiger partial charge on any atom is -0.349 e. The number of nitrogens with zero attached hydrogens (tertiary/aromatic N) is 2. The molecular formula is C25H26N6O2. The van der Waals surface area contributed by atoms with Crippen molar-refractivity contribution in [2.24, 2.45) is 5.73 Å². The SMILES string of the molecule is NCc1ccc(-n2cc3cc(-c4ccc(C(=O)NC5CCNCC5)cc4)[nH]c3nc2=O)cc1.